The van der Waals surface area contributed by atoms with Crippen molar-refractivity contribution < 1.29 is 14.3 Å². The Morgan fingerprint density at radius 1 is 1.09 bits per heavy atom. The lowest BCUT2D eigenvalue weighted by Crippen LogP contribution is -2.59. The summed E-state index contributed by atoms with van der Waals surface area (Å²) >= 11 is 1.39. The van der Waals surface area contributed by atoms with Gasteiger partial charge in [-0.2, -0.15) is 0 Å². The largest absolute Gasteiger partial charge is 0.462 e. The number of anilines is 1. The Morgan fingerprint density at radius 2 is 1.72 bits per heavy atom. The highest BCUT2D eigenvalue weighted by Crippen LogP contribution is 2.57. The Morgan fingerprint density at radius 3 is 2.31 bits per heavy atom. The predicted molar refractivity (Wildman–Crippen MR) is 128 cm³/mol. The molecule has 4 fully saturated rings. The molecule has 0 aliphatic heterocycles. The van der Waals surface area contributed by atoms with Gasteiger partial charge in [0.25, 0.3) is 0 Å². The molecule has 0 saturated heterocycles. The fourth-order valence-corrected chi connectivity index (χ4v) is 7.74. The zero-order valence-electron chi connectivity index (χ0n) is 18.9. The Kier molecular flexibility index (Phi) is 5.84. The first-order valence-corrected chi connectivity index (χ1v) is 12.7. The van der Waals surface area contributed by atoms with Crippen LogP contribution in [0.4, 0.5) is 5.00 Å². The molecule has 170 valence electrons. The van der Waals surface area contributed by atoms with Gasteiger partial charge in [0.05, 0.1) is 13.2 Å². The summed E-state index contributed by atoms with van der Waals surface area (Å²) in [6, 6.07) is 9.78. The van der Waals surface area contributed by atoms with E-state index in [0.29, 0.717) is 23.7 Å². The molecule has 5 nitrogen and oxygen atoms in total. The van der Waals surface area contributed by atoms with E-state index in [1.165, 1.54) is 49.9 Å². The van der Waals surface area contributed by atoms with Gasteiger partial charge in [0, 0.05) is 16.5 Å². The van der Waals surface area contributed by atoms with Crippen molar-refractivity contribution in [2.75, 3.05) is 25.5 Å². The minimum absolute atomic E-state index is 0.0599. The number of carbonyl (C=O) groups is 2. The highest BCUT2D eigenvalue weighted by Gasteiger charge is 2.52. The van der Waals surface area contributed by atoms with Gasteiger partial charge in [0.2, 0.25) is 5.91 Å². The maximum absolute atomic E-state index is 13.1. The van der Waals surface area contributed by atoms with E-state index in [4.69, 9.17) is 4.74 Å². The number of esters is 1. The van der Waals surface area contributed by atoms with Crippen LogP contribution < -0.4 is 5.32 Å². The normalized spacial score (nSPS) is 28.2. The highest BCUT2D eigenvalue weighted by molar-refractivity contribution is 7.15. The van der Waals surface area contributed by atoms with Gasteiger partial charge in [0.15, 0.2) is 0 Å². The smallest absolute Gasteiger partial charge is 0.341 e. The monoisotopic (exact) mass is 452 g/mol. The van der Waals surface area contributed by atoms with Crippen LogP contribution in [-0.4, -0.2) is 42.5 Å². The second kappa shape index (κ2) is 8.64. The van der Waals surface area contributed by atoms with Gasteiger partial charge < -0.3 is 10.1 Å². The van der Waals surface area contributed by atoms with Crippen LogP contribution in [0.5, 0.6) is 0 Å². The summed E-state index contributed by atoms with van der Waals surface area (Å²) in [7, 11) is 2.11. The van der Waals surface area contributed by atoms with Gasteiger partial charge in [-0.3, -0.25) is 9.69 Å². The Labute approximate surface area is 194 Å². The van der Waals surface area contributed by atoms with Crippen LogP contribution in [-0.2, 0) is 9.53 Å². The van der Waals surface area contributed by atoms with Gasteiger partial charge in [-0.05, 0) is 75.8 Å². The summed E-state index contributed by atoms with van der Waals surface area (Å²) in [5, 5.41) is 5.55. The molecule has 0 unspecified atom stereocenters. The molecule has 1 N–H and O–H groups in total. The van der Waals surface area contributed by atoms with Crippen molar-refractivity contribution in [2.45, 2.75) is 51.0 Å². The average molecular weight is 453 g/mol. The fourth-order valence-electron chi connectivity index (χ4n) is 6.77. The third-order valence-corrected chi connectivity index (χ3v) is 8.70. The molecule has 4 bridgehead atoms. The number of nitrogens with zero attached hydrogens (tertiary/aromatic N) is 1. The molecule has 4 aliphatic carbocycles. The van der Waals surface area contributed by atoms with Crippen LogP contribution in [0.25, 0.3) is 11.1 Å². The second-order valence-corrected chi connectivity index (χ2v) is 10.9. The molecule has 0 atom stereocenters. The molecule has 1 amide bonds. The van der Waals surface area contributed by atoms with Crippen molar-refractivity contribution in [1.29, 1.82) is 0 Å². The van der Waals surface area contributed by atoms with Crippen molar-refractivity contribution in [3.8, 4) is 11.1 Å². The van der Waals surface area contributed by atoms with Crippen molar-refractivity contribution in [1.82, 2.24) is 4.90 Å². The maximum Gasteiger partial charge on any atom is 0.341 e. The van der Waals surface area contributed by atoms with Crippen molar-refractivity contribution in [3.63, 3.8) is 0 Å². The first-order valence-electron chi connectivity index (χ1n) is 11.8. The molecular formula is C26H32N2O3S. The molecule has 32 heavy (non-hydrogen) atoms. The Balaban J connectivity index is 1.33. The summed E-state index contributed by atoms with van der Waals surface area (Å²) in [6.45, 7) is 2.45. The molecule has 6 heteroatoms. The number of hydrogen-bond acceptors (Lipinski definition) is 5. The third kappa shape index (κ3) is 3.99. The number of amides is 1. The van der Waals surface area contributed by atoms with E-state index in [1.54, 1.807) is 6.92 Å². The molecule has 1 aromatic heterocycles. The predicted octanol–water partition coefficient (Wildman–Crippen LogP) is 5.43. The lowest BCUT2D eigenvalue weighted by Gasteiger charge is -2.59. The average Bonchev–Trinajstić information content (AvgIpc) is 3.17. The SMILES string of the molecule is CCOC(=O)c1c(-c2ccccc2)csc1NC(=O)CN(C)C12CC3CC(CC(C3)C1)C2. The van der Waals surface area contributed by atoms with Crippen molar-refractivity contribution >= 4 is 28.2 Å². The van der Waals surface area contributed by atoms with Crippen LogP contribution in [0.3, 0.4) is 0 Å². The summed E-state index contributed by atoms with van der Waals surface area (Å²) < 4.78 is 5.32. The lowest BCUT2D eigenvalue weighted by atomic mass is 9.52. The number of hydrogen-bond donors (Lipinski definition) is 1. The molecule has 2 aromatic rings. The van der Waals surface area contributed by atoms with E-state index in [2.05, 4.69) is 17.3 Å². The molecule has 6 rings (SSSR count). The van der Waals surface area contributed by atoms with E-state index in [-0.39, 0.29) is 11.4 Å². The maximum atomic E-state index is 13.1. The van der Waals surface area contributed by atoms with Crippen LogP contribution in [0.2, 0.25) is 0 Å². The number of carbonyl (C=O) groups excluding carboxylic acids is 2. The number of nitrogens with one attached hydrogen (secondary N) is 1. The fraction of sp³-hybridized carbons (Fsp3) is 0.538. The third-order valence-electron chi connectivity index (χ3n) is 7.80. The number of thiophene rings is 1. The van der Waals surface area contributed by atoms with Gasteiger partial charge in [-0.15, -0.1) is 11.3 Å². The lowest BCUT2D eigenvalue weighted by molar-refractivity contribution is -0.123. The number of benzene rings is 1. The minimum Gasteiger partial charge on any atom is -0.462 e. The molecule has 1 heterocycles. The van der Waals surface area contributed by atoms with E-state index in [0.717, 1.165) is 28.9 Å². The molecule has 0 radical (unpaired) electrons. The van der Waals surface area contributed by atoms with Crippen LogP contribution in [0.15, 0.2) is 35.7 Å². The van der Waals surface area contributed by atoms with Crippen LogP contribution in [0, 0.1) is 17.8 Å². The first-order chi connectivity index (χ1) is 15.5. The van der Waals surface area contributed by atoms with E-state index in [9.17, 15) is 9.59 Å². The van der Waals surface area contributed by atoms with Gasteiger partial charge >= 0.3 is 5.97 Å². The van der Waals surface area contributed by atoms with Gasteiger partial charge in [-0.1, -0.05) is 30.3 Å². The summed E-state index contributed by atoms with van der Waals surface area (Å²) in [4.78, 5) is 28.2. The Bertz CT molecular complexity index is 964. The zero-order chi connectivity index (χ0) is 22.3. The number of ether oxygens (including phenoxy) is 1. The first kappa shape index (κ1) is 21.7. The van der Waals surface area contributed by atoms with E-state index < -0.39 is 5.97 Å². The number of likely N-dealkylation sites (N-methyl/N-ethyl adjacent to an activating group) is 1. The molecule has 0 spiro atoms. The molecular weight excluding hydrogens is 420 g/mol. The van der Waals surface area contributed by atoms with Gasteiger partial charge in [0.1, 0.15) is 10.6 Å². The number of rotatable bonds is 7. The van der Waals surface area contributed by atoms with E-state index in [1.807, 2.05) is 35.7 Å². The molecule has 1 aromatic carbocycles. The Hall–Kier alpha value is -2.18. The standard InChI is InChI=1S/C26H32N2O3S/c1-3-31-25(30)23-21(20-7-5-4-6-8-20)16-32-24(23)27-22(29)15-28(2)26-12-17-9-18(13-26)11-19(10-17)14-26/h4-8,16-19H,3,9-15H2,1-2H3,(H,27,29). The topological polar surface area (TPSA) is 58.6 Å². The van der Waals surface area contributed by atoms with Gasteiger partial charge in [-0.25, -0.2) is 4.79 Å². The zero-order valence-corrected chi connectivity index (χ0v) is 19.7. The quantitative estimate of drug-likeness (QED) is 0.569. The molecule has 4 aliphatic rings. The minimum atomic E-state index is -0.391. The highest BCUT2D eigenvalue weighted by atomic mass is 32.1. The molecule has 4 saturated carbocycles. The van der Waals surface area contributed by atoms with E-state index >= 15 is 0 Å². The van der Waals surface area contributed by atoms with Crippen LogP contribution in [0.1, 0.15) is 55.8 Å². The van der Waals surface area contributed by atoms with Crippen LogP contribution >= 0.6 is 11.3 Å². The summed E-state index contributed by atoms with van der Waals surface area (Å²) in [6.07, 6.45) is 7.86. The summed E-state index contributed by atoms with van der Waals surface area (Å²) in [5.74, 6) is 2.07. The summed E-state index contributed by atoms with van der Waals surface area (Å²) in [5.41, 5.74) is 2.38. The second-order valence-electron chi connectivity index (χ2n) is 9.99. The van der Waals surface area contributed by atoms with Crippen molar-refractivity contribution in [3.05, 3.63) is 41.3 Å². The van der Waals surface area contributed by atoms with Crippen molar-refractivity contribution in [2.24, 2.45) is 17.8 Å².